The summed E-state index contributed by atoms with van der Waals surface area (Å²) in [5.41, 5.74) is 1.83. The molecule has 8 nitrogen and oxygen atoms in total. The van der Waals surface area contributed by atoms with Crippen LogP contribution < -0.4 is 20.1 Å². The number of nitrogens with zero attached hydrogens (tertiary/aromatic N) is 4. The summed E-state index contributed by atoms with van der Waals surface area (Å²) >= 11 is 0. The van der Waals surface area contributed by atoms with E-state index in [2.05, 4.69) is 37.1 Å². The van der Waals surface area contributed by atoms with Crippen molar-refractivity contribution in [2.75, 3.05) is 50.5 Å². The molecule has 0 aliphatic carbocycles. The molecule has 1 aromatic carbocycles. The molecule has 2 N–H and O–H groups in total. The van der Waals surface area contributed by atoms with Gasteiger partial charge in [-0.3, -0.25) is 4.99 Å². The number of allylic oxidation sites excluding steroid dienone is 2. The van der Waals surface area contributed by atoms with Crippen molar-refractivity contribution < 1.29 is 9.47 Å². The summed E-state index contributed by atoms with van der Waals surface area (Å²) in [6.07, 6.45) is 11.5. The zero-order valence-electron chi connectivity index (χ0n) is 20.3. The van der Waals surface area contributed by atoms with Gasteiger partial charge in [0.2, 0.25) is 5.95 Å². The highest BCUT2D eigenvalue weighted by Gasteiger charge is 2.11. The van der Waals surface area contributed by atoms with Crippen LogP contribution in [0.2, 0.25) is 0 Å². The number of hydrogen-bond acceptors (Lipinski definition) is 8. The van der Waals surface area contributed by atoms with Gasteiger partial charge in [0.15, 0.2) is 11.5 Å². The number of hydrogen-bond donors (Lipinski definition) is 2. The predicted molar refractivity (Wildman–Crippen MR) is 140 cm³/mol. The number of nitrogens with one attached hydrogen (secondary N) is 2. The molecule has 0 spiro atoms. The van der Waals surface area contributed by atoms with E-state index in [0.29, 0.717) is 30.6 Å². The molecule has 1 aliphatic rings. The number of aliphatic imine (C=N–C) groups is 1. The van der Waals surface area contributed by atoms with Gasteiger partial charge in [-0.1, -0.05) is 18.7 Å². The Bertz CT molecular complexity index is 970. The molecule has 0 saturated carbocycles. The van der Waals surface area contributed by atoms with Crippen molar-refractivity contribution in [3.05, 3.63) is 54.9 Å². The van der Waals surface area contributed by atoms with Gasteiger partial charge < -0.3 is 25.0 Å². The van der Waals surface area contributed by atoms with Crippen LogP contribution in [0.3, 0.4) is 0 Å². The summed E-state index contributed by atoms with van der Waals surface area (Å²) < 4.78 is 11.5. The van der Waals surface area contributed by atoms with E-state index >= 15 is 0 Å². The van der Waals surface area contributed by atoms with Gasteiger partial charge in [-0.15, -0.1) is 0 Å². The smallest absolute Gasteiger partial charge is 0.229 e. The zero-order valence-corrected chi connectivity index (χ0v) is 20.3. The summed E-state index contributed by atoms with van der Waals surface area (Å²) in [7, 11) is 1.65. The molecule has 1 aromatic heterocycles. The number of benzene rings is 1. The van der Waals surface area contributed by atoms with Gasteiger partial charge >= 0.3 is 0 Å². The quantitative estimate of drug-likeness (QED) is 0.299. The standard InChI is InChI=1S/C26H36N6O2/c1-4-13-27-21(5-2)11-14-28-25-12-15-29-26(31-25)30-22-9-10-23(33-3)24(20-22)34-19-8-18-32-16-6-7-17-32/h4-5,9-10,12-13,15,20H,1,6-8,11,14,16-19H2,2-3H3,(H2,28,29,30,31)/b21-5-,27-13?. The van der Waals surface area contributed by atoms with Crippen LogP contribution in [-0.2, 0) is 0 Å². The fourth-order valence-electron chi connectivity index (χ4n) is 3.74. The highest BCUT2D eigenvalue weighted by molar-refractivity contribution is 5.71. The molecular formula is C26H36N6O2. The van der Waals surface area contributed by atoms with Crippen molar-refractivity contribution in [1.82, 2.24) is 14.9 Å². The molecule has 182 valence electrons. The van der Waals surface area contributed by atoms with Gasteiger partial charge in [-0.25, -0.2) is 4.98 Å². The van der Waals surface area contributed by atoms with Crippen molar-refractivity contribution in [1.29, 1.82) is 0 Å². The molecule has 0 atom stereocenters. The maximum absolute atomic E-state index is 6.04. The fourth-order valence-corrected chi connectivity index (χ4v) is 3.74. The molecule has 2 aromatic rings. The summed E-state index contributed by atoms with van der Waals surface area (Å²) in [5, 5.41) is 6.58. The average molecular weight is 465 g/mol. The Hall–Kier alpha value is -3.39. The van der Waals surface area contributed by atoms with Crippen molar-refractivity contribution >= 4 is 23.7 Å². The van der Waals surface area contributed by atoms with E-state index in [1.165, 1.54) is 25.9 Å². The van der Waals surface area contributed by atoms with Gasteiger partial charge in [0.1, 0.15) is 5.82 Å². The highest BCUT2D eigenvalue weighted by atomic mass is 16.5. The normalized spacial score (nSPS) is 14.4. The Morgan fingerprint density at radius 3 is 2.85 bits per heavy atom. The first-order valence-corrected chi connectivity index (χ1v) is 11.9. The highest BCUT2D eigenvalue weighted by Crippen LogP contribution is 2.31. The summed E-state index contributed by atoms with van der Waals surface area (Å²) in [6, 6.07) is 7.59. The first-order chi connectivity index (χ1) is 16.7. The molecule has 0 amide bonds. The van der Waals surface area contributed by atoms with Crippen LogP contribution in [0.25, 0.3) is 0 Å². The Kier molecular flexibility index (Phi) is 10.4. The van der Waals surface area contributed by atoms with Crippen molar-refractivity contribution in [2.45, 2.75) is 32.6 Å². The second-order valence-corrected chi connectivity index (χ2v) is 7.98. The molecular weight excluding hydrogens is 428 g/mol. The van der Waals surface area contributed by atoms with Gasteiger partial charge in [0.05, 0.1) is 13.7 Å². The third kappa shape index (κ3) is 8.19. The topological polar surface area (TPSA) is 83.9 Å². The number of anilines is 3. The minimum absolute atomic E-state index is 0.506. The SMILES string of the molecule is C=CC=N/C(=C\C)CCNc1ccnc(Nc2ccc(OC)c(OCCCN3CCCC3)c2)n1. The molecule has 8 heteroatoms. The molecule has 0 radical (unpaired) electrons. The molecule has 0 unspecified atom stereocenters. The fraction of sp³-hybridized carbons (Fsp3) is 0.423. The summed E-state index contributed by atoms with van der Waals surface area (Å²) in [5.74, 6) is 2.67. The Morgan fingerprint density at radius 1 is 1.24 bits per heavy atom. The van der Waals surface area contributed by atoms with E-state index in [0.717, 1.165) is 36.6 Å². The van der Waals surface area contributed by atoms with Crippen molar-refractivity contribution in [2.24, 2.45) is 4.99 Å². The third-order valence-electron chi connectivity index (χ3n) is 5.52. The number of methoxy groups -OCH3 is 1. The molecule has 0 bridgehead atoms. The summed E-state index contributed by atoms with van der Waals surface area (Å²) in [6.45, 7) is 10.5. The van der Waals surface area contributed by atoms with Crippen LogP contribution in [0.4, 0.5) is 17.5 Å². The maximum Gasteiger partial charge on any atom is 0.229 e. The number of rotatable bonds is 14. The lowest BCUT2D eigenvalue weighted by Crippen LogP contribution is -2.21. The van der Waals surface area contributed by atoms with E-state index in [1.807, 2.05) is 37.3 Å². The van der Waals surface area contributed by atoms with E-state index < -0.39 is 0 Å². The van der Waals surface area contributed by atoms with Crippen molar-refractivity contribution in [3.8, 4) is 11.5 Å². The maximum atomic E-state index is 6.04. The zero-order chi connectivity index (χ0) is 24.0. The average Bonchev–Trinajstić information content (AvgIpc) is 3.38. The molecule has 1 fully saturated rings. The van der Waals surface area contributed by atoms with Crippen LogP contribution in [-0.4, -0.2) is 61.0 Å². The van der Waals surface area contributed by atoms with Gasteiger partial charge in [-0.05, 0) is 57.5 Å². The van der Waals surface area contributed by atoms with Gasteiger partial charge in [-0.2, -0.15) is 4.98 Å². The van der Waals surface area contributed by atoms with Crippen LogP contribution in [0, 0.1) is 0 Å². The van der Waals surface area contributed by atoms with E-state index in [9.17, 15) is 0 Å². The van der Waals surface area contributed by atoms with E-state index in [1.54, 1.807) is 25.6 Å². The largest absolute Gasteiger partial charge is 0.493 e. The lowest BCUT2D eigenvalue weighted by molar-refractivity contribution is 0.254. The lowest BCUT2D eigenvalue weighted by atomic mass is 10.2. The first kappa shape index (κ1) is 25.2. The molecule has 1 saturated heterocycles. The lowest BCUT2D eigenvalue weighted by Gasteiger charge is -2.16. The van der Waals surface area contributed by atoms with E-state index in [-0.39, 0.29) is 0 Å². The second kappa shape index (κ2) is 14.0. The molecule has 2 heterocycles. The van der Waals surface area contributed by atoms with Crippen LogP contribution in [0.5, 0.6) is 11.5 Å². The van der Waals surface area contributed by atoms with Crippen molar-refractivity contribution in [3.63, 3.8) is 0 Å². The van der Waals surface area contributed by atoms with E-state index in [4.69, 9.17) is 9.47 Å². The Labute approximate surface area is 202 Å². The number of ether oxygens (including phenoxy) is 2. The minimum Gasteiger partial charge on any atom is -0.493 e. The second-order valence-electron chi connectivity index (χ2n) is 7.98. The monoisotopic (exact) mass is 464 g/mol. The summed E-state index contributed by atoms with van der Waals surface area (Å²) in [4.78, 5) is 15.7. The van der Waals surface area contributed by atoms with Crippen LogP contribution in [0.1, 0.15) is 32.6 Å². The molecule has 34 heavy (non-hydrogen) atoms. The number of likely N-dealkylation sites (tertiary alicyclic amines) is 1. The first-order valence-electron chi connectivity index (χ1n) is 11.9. The van der Waals surface area contributed by atoms with Crippen LogP contribution >= 0.6 is 0 Å². The number of aromatic nitrogens is 2. The molecule has 3 rings (SSSR count). The third-order valence-corrected chi connectivity index (χ3v) is 5.52. The minimum atomic E-state index is 0.506. The Balaban J connectivity index is 1.54. The van der Waals surface area contributed by atoms with Gasteiger partial charge in [0, 0.05) is 49.4 Å². The molecule has 1 aliphatic heterocycles. The van der Waals surface area contributed by atoms with Gasteiger partial charge in [0.25, 0.3) is 0 Å². The Morgan fingerprint density at radius 2 is 2.09 bits per heavy atom. The predicted octanol–water partition coefficient (Wildman–Crippen LogP) is 5.06. The van der Waals surface area contributed by atoms with Crippen LogP contribution in [0.15, 0.2) is 59.9 Å².